The standard InChI is InChI=1S/C15H11ClFN3O2/c16-12-7-10(3-6-13(12)17)18-8-14-19-20-15(22-14)9-1-4-11(21)5-2-9/h1-7,18,21H,8H2. The molecule has 1 heterocycles. The summed E-state index contributed by atoms with van der Waals surface area (Å²) >= 11 is 5.71. The summed E-state index contributed by atoms with van der Waals surface area (Å²) in [6, 6.07) is 10.8. The van der Waals surface area contributed by atoms with Crippen LogP contribution in [0.2, 0.25) is 5.02 Å². The Morgan fingerprint density at radius 1 is 1.14 bits per heavy atom. The van der Waals surface area contributed by atoms with E-state index in [0.717, 1.165) is 0 Å². The smallest absolute Gasteiger partial charge is 0.247 e. The van der Waals surface area contributed by atoms with Crippen molar-refractivity contribution in [2.45, 2.75) is 6.54 Å². The highest BCUT2D eigenvalue weighted by Crippen LogP contribution is 2.22. The van der Waals surface area contributed by atoms with Gasteiger partial charge in [-0.2, -0.15) is 0 Å². The number of hydrogen-bond acceptors (Lipinski definition) is 5. The normalized spacial score (nSPS) is 10.6. The molecule has 0 spiro atoms. The van der Waals surface area contributed by atoms with Gasteiger partial charge in [0.2, 0.25) is 11.8 Å². The number of halogens is 2. The molecule has 3 aromatic rings. The molecule has 3 rings (SSSR count). The first-order valence-corrected chi connectivity index (χ1v) is 6.80. The molecule has 1 aromatic heterocycles. The molecule has 2 N–H and O–H groups in total. The molecule has 0 radical (unpaired) electrons. The fourth-order valence-electron chi connectivity index (χ4n) is 1.83. The first-order chi connectivity index (χ1) is 10.6. The third-order valence-corrected chi connectivity index (χ3v) is 3.23. The van der Waals surface area contributed by atoms with Gasteiger partial charge in [0.1, 0.15) is 11.6 Å². The maximum absolute atomic E-state index is 13.1. The second-order valence-corrected chi connectivity index (χ2v) is 4.94. The molecule has 7 heteroatoms. The Balaban J connectivity index is 1.69. The zero-order chi connectivity index (χ0) is 15.5. The number of rotatable bonds is 4. The molecule has 0 atom stereocenters. The average Bonchev–Trinajstić information content (AvgIpc) is 2.98. The van der Waals surface area contributed by atoms with Gasteiger partial charge in [0.25, 0.3) is 0 Å². The van der Waals surface area contributed by atoms with Crippen molar-refractivity contribution in [3.63, 3.8) is 0 Å². The van der Waals surface area contributed by atoms with Crippen molar-refractivity contribution in [1.82, 2.24) is 10.2 Å². The van der Waals surface area contributed by atoms with Crippen molar-refractivity contribution in [2.75, 3.05) is 5.32 Å². The van der Waals surface area contributed by atoms with Crippen molar-refractivity contribution in [2.24, 2.45) is 0 Å². The zero-order valence-corrected chi connectivity index (χ0v) is 12.0. The summed E-state index contributed by atoms with van der Waals surface area (Å²) in [7, 11) is 0. The fraction of sp³-hybridized carbons (Fsp3) is 0.0667. The monoisotopic (exact) mass is 319 g/mol. The lowest BCUT2D eigenvalue weighted by molar-refractivity contribution is 0.475. The van der Waals surface area contributed by atoms with Gasteiger partial charge in [0, 0.05) is 11.3 Å². The molecule has 0 aliphatic rings. The number of aromatic nitrogens is 2. The molecule has 5 nitrogen and oxygen atoms in total. The van der Waals surface area contributed by atoms with Crippen LogP contribution in [0.5, 0.6) is 5.75 Å². The van der Waals surface area contributed by atoms with E-state index in [-0.39, 0.29) is 17.3 Å². The van der Waals surface area contributed by atoms with Crippen molar-refractivity contribution in [1.29, 1.82) is 0 Å². The highest BCUT2D eigenvalue weighted by Gasteiger charge is 2.09. The van der Waals surface area contributed by atoms with Crippen LogP contribution in [0, 0.1) is 5.82 Å². The van der Waals surface area contributed by atoms with Gasteiger partial charge < -0.3 is 14.8 Å². The molecule has 112 valence electrons. The van der Waals surface area contributed by atoms with Crippen molar-refractivity contribution in [3.8, 4) is 17.2 Å². The van der Waals surface area contributed by atoms with E-state index in [4.69, 9.17) is 16.0 Å². The number of anilines is 1. The van der Waals surface area contributed by atoms with Crippen LogP contribution in [-0.4, -0.2) is 15.3 Å². The van der Waals surface area contributed by atoms with Crippen LogP contribution >= 0.6 is 11.6 Å². The predicted molar refractivity (Wildman–Crippen MR) is 80.1 cm³/mol. The third-order valence-electron chi connectivity index (χ3n) is 2.94. The van der Waals surface area contributed by atoms with E-state index in [0.29, 0.717) is 23.0 Å². The van der Waals surface area contributed by atoms with Gasteiger partial charge in [0.05, 0.1) is 11.6 Å². The summed E-state index contributed by atoms with van der Waals surface area (Å²) < 4.78 is 18.6. The number of phenolic OH excluding ortho intramolecular Hbond substituents is 1. The number of aromatic hydroxyl groups is 1. The molecule has 0 aliphatic carbocycles. The molecule has 0 amide bonds. The molecule has 0 saturated heterocycles. The van der Waals surface area contributed by atoms with Crippen LogP contribution in [-0.2, 0) is 6.54 Å². The van der Waals surface area contributed by atoms with Crippen LogP contribution in [0.15, 0.2) is 46.9 Å². The summed E-state index contributed by atoms with van der Waals surface area (Å²) in [6.45, 7) is 0.285. The molecule has 0 aliphatic heterocycles. The van der Waals surface area contributed by atoms with E-state index in [2.05, 4.69) is 15.5 Å². The highest BCUT2D eigenvalue weighted by atomic mass is 35.5. The highest BCUT2D eigenvalue weighted by molar-refractivity contribution is 6.31. The minimum Gasteiger partial charge on any atom is -0.508 e. The van der Waals surface area contributed by atoms with Gasteiger partial charge in [-0.25, -0.2) is 4.39 Å². The molecular weight excluding hydrogens is 309 g/mol. The lowest BCUT2D eigenvalue weighted by atomic mass is 10.2. The molecular formula is C15H11ClFN3O2. The predicted octanol–water partition coefficient (Wildman–Crippen LogP) is 3.85. The Hall–Kier alpha value is -2.60. The molecule has 0 bridgehead atoms. The maximum atomic E-state index is 13.1. The van der Waals surface area contributed by atoms with E-state index in [1.165, 1.54) is 24.3 Å². The van der Waals surface area contributed by atoms with Crippen LogP contribution in [0.1, 0.15) is 5.89 Å². The number of hydrogen-bond donors (Lipinski definition) is 2. The van der Waals surface area contributed by atoms with Gasteiger partial charge in [0.15, 0.2) is 0 Å². The summed E-state index contributed by atoms with van der Waals surface area (Å²) in [5.74, 6) is 0.426. The van der Waals surface area contributed by atoms with E-state index < -0.39 is 5.82 Å². The van der Waals surface area contributed by atoms with Gasteiger partial charge in [-0.15, -0.1) is 10.2 Å². The number of benzene rings is 2. The molecule has 0 saturated carbocycles. The average molecular weight is 320 g/mol. The third kappa shape index (κ3) is 3.17. The maximum Gasteiger partial charge on any atom is 0.247 e. The minimum absolute atomic E-state index is 0.0420. The van der Waals surface area contributed by atoms with E-state index in [9.17, 15) is 9.50 Å². The van der Waals surface area contributed by atoms with Crippen molar-refractivity contribution < 1.29 is 13.9 Å². The largest absolute Gasteiger partial charge is 0.508 e. The van der Waals surface area contributed by atoms with E-state index in [1.807, 2.05) is 0 Å². The van der Waals surface area contributed by atoms with Crippen molar-refractivity contribution in [3.05, 3.63) is 59.2 Å². The van der Waals surface area contributed by atoms with Crippen LogP contribution < -0.4 is 5.32 Å². The Kier molecular flexibility index (Phi) is 3.93. The molecule has 0 unspecified atom stereocenters. The zero-order valence-electron chi connectivity index (χ0n) is 11.3. The second-order valence-electron chi connectivity index (χ2n) is 4.53. The van der Waals surface area contributed by atoms with Gasteiger partial charge >= 0.3 is 0 Å². The quantitative estimate of drug-likeness (QED) is 0.764. The van der Waals surface area contributed by atoms with E-state index in [1.54, 1.807) is 18.2 Å². The summed E-state index contributed by atoms with van der Waals surface area (Å²) in [5.41, 5.74) is 1.36. The van der Waals surface area contributed by atoms with Gasteiger partial charge in [-0.05, 0) is 42.5 Å². The number of nitrogens with one attached hydrogen (secondary N) is 1. The molecule has 0 fully saturated rings. The second kappa shape index (κ2) is 6.03. The Bertz CT molecular complexity index is 790. The van der Waals surface area contributed by atoms with Crippen molar-refractivity contribution >= 4 is 17.3 Å². The fourth-order valence-corrected chi connectivity index (χ4v) is 2.01. The number of nitrogens with zero attached hydrogens (tertiary/aromatic N) is 2. The first kappa shape index (κ1) is 14.3. The molecule has 22 heavy (non-hydrogen) atoms. The lowest BCUT2D eigenvalue weighted by Crippen LogP contribution is -1.99. The minimum atomic E-state index is -0.473. The Morgan fingerprint density at radius 2 is 1.91 bits per heavy atom. The molecule has 2 aromatic carbocycles. The summed E-state index contributed by atoms with van der Waals surface area (Å²) in [5, 5.41) is 20.2. The number of phenols is 1. The SMILES string of the molecule is Oc1ccc(-c2nnc(CNc3ccc(F)c(Cl)c3)o2)cc1. The lowest BCUT2D eigenvalue weighted by Gasteiger charge is -2.04. The Morgan fingerprint density at radius 3 is 2.64 bits per heavy atom. The van der Waals surface area contributed by atoms with Gasteiger partial charge in [-0.1, -0.05) is 11.6 Å². The Labute approximate surface area is 130 Å². The topological polar surface area (TPSA) is 71.2 Å². The van der Waals surface area contributed by atoms with Crippen LogP contribution in [0.25, 0.3) is 11.5 Å². The van der Waals surface area contributed by atoms with Crippen LogP contribution in [0.4, 0.5) is 10.1 Å². The first-order valence-electron chi connectivity index (χ1n) is 6.42. The van der Waals surface area contributed by atoms with E-state index >= 15 is 0 Å². The summed E-state index contributed by atoms with van der Waals surface area (Å²) in [4.78, 5) is 0. The van der Waals surface area contributed by atoms with Crippen LogP contribution in [0.3, 0.4) is 0 Å². The summed E-state index contributed by atoms with van der Waals surface area (Å²) in [6.07, 6.45) is 0. The van der Waals surface area contributed by atoms with Gasteiger partial charge in [-0.3, -0.25) is 0 Å².